The third-order valence-corrected chi connectivity index (χ3v) is 3.97. The highest BCUT2D eigenvalue weighted by Crippen LogP contribution is 2.16. The van der Waals surface area contributed by atoms with Crippen LogP contribution in [-0.2, 0) is 13.6 Å². The number of guanidine groups is 1. The number of nitrogens with one attached hydrogen (secondary N) is 2. The van der Waals surface area contributed by atoms with E-state index in [1.807, 2.05) is 17.8 Å². The van der Waals surface area contributed by atoms with Crippen molar-refractivity contribution in [3.05, 3.63) is 40.3 Å². The smallest absolute Gasteiger partial charge is 0.191 e. The summed E-state index contributed by atoms with van der Waals surface area (Å²) in [6, 6.07) is 4.16. The molecule has 0 saturated carbocycles. The summed E-state index contributed by atoms with van der Waals surface area (Å²) in [7, 11) is 3.72. The molecular formula is C14H22IN5S. The fraction of sp³-hybridized carbons (Fsp3) is 0.429. The average molecular weight is 419 g/mol. The average Bonchev–Trinajstić information content (AvgIpc) is 3.10. The van der Waals surface area contributed by atoms with Crippen LogP contribution in [-0.4, -0.2) is 29.3 Å². The molecule has 0 saturated heterocycles. The lowest BCUT2D eigenvalue weighted by atomic mass is 10.1. The molecule has 0 aliphatic heterocycles. The highest BCUT2D eigenvalue weighted by Gasteiger charge is 2.07. The number of aromatic nitrogens is 2. The molecule has 0 amide bonds. The van der Waals surface area contributed by atoms with Crippen molar-refractivity contribution in [2.75, 3.05) is 13.6 Å². The van der Waals surface area contributed by atoms with Crippen molar-refractivity contribution in [3.63, 3.8) is 0 Å². The van der Waals surface area contributed by atoms with E-state index in [1.165, 1.54) is 5.56 Å². The Morgan fingerprint density at radius 1 is 1.43 bits per heavy atom. The van der Waals surface area contributed by atoms with E-state index in [0.717, 1.165) is 18.2 Å². The normalized spacial score (nSPS) is 12.6. The van der Waals surface area contributed by atoms with Gasteiger partial charge < -0.3 is 10.6 Å². The highest BCUT2D eigenvalue weighted by atomic mass is 127. The van der Waals surface area contributed by atoms with Crippen LogP contribution in [0.2, 0.25) is 0 Å². The Balaban J connectivity index is 0.00000220. The van der Waals surface area contributed by atoms with Gasteiger partial charge in [0.1, 0.15) is 0 Å². The third kappa shape index (κ3) is 5.31. The molecule has 7 heteroatoms. The predicted molar refractivity (Wildman–Crippen MR) is 99.6 cm³/mol. The first-order chi connectivity index (χ1) is 9.70. The molecule has 0 radical (unpaired) electrons. The summed E-state index contributed by atoms with van der Waals surface area (Å²) in [4.78, 5) is 4.24. The molecule has 0 spiro atoms. The number of rotatable bonds is 5. The zero-order valence-electron chi connectivity index (χ0n) is 12.5. The van der Waals surface area contributed by atoms with Crippen LogP contribution < -0.4 is 10.6 Å². The molecule has 1 atom stereocenters. The van der Waals surface area contributed by atoms with Crippen molar-refractivity contribution in [1.82, 2.24) is 20.4 Å². The van der Waals surface area contributed by atoms with Crippen LogP contribution in [0.15, 0.2) is 34.1 Å². The van der Waals surface area contributed by atoms with Gasteiger partial charge in [-0.15, -0.1) is 24.0 Å². The van der Waals surface area contributed by atoms with Crippen molar-refractivity contribution in [1.29, 1.82) is 0 Å². The molecule has 0 fully saturated rings. The van der Waals surface area contributed by atoms with Crippen molar-refractivity contribution >= 4 is 41.3 Å². The minimum absolute atomic E-state index is 0. The van der Waals surface area contributed by atoms with Crippen LogP contribution in [0.4, 0.5) is 0 Å². The van der Waals surface area contributed by atoms with Crippen molar-refractivity contribution in [3.8, 4) is 0 Å². The zero-order chi connectivity index (χ0) is 14.4. The topological polar surface area (TPSA) is 54.2 Å². The Labute approximate surface area is 146 Å². The van der Waals surface area contributed by atoms with Crippen LogP contribution in [0, 0.1) is 0 Å². The molecule has 2 aromatic rings. The fourth-order valence-corrected chi connectivity index (χ4v) is 2.67. The van der Waals surface area contributed by atoms with E-state index in [4.69, 9.17) is 0 Å². The van der Waals surface area contributed by atoms with Gasteiger partial charge in [0.05, 0.1) is 12.2 Å². The minimum Gasteiger partial charge on any atom is -0.356 e. The molecule has 21 heavy (non-hydrogen) atoms. The summed E-state index contributed by atoms with van der Waals surface area (Å²) in [6.45, 7) is 3.79. The van der Waals surface area contributed by atoms with Gasteiger partial charge in [-0.25, -0.2) is 0 Å². The summed E-state index contributed by atoms with van der Waals surface area (Å²) < 4.78 is 1.86. The maximum absolute atomic E-state index is 4.24. The lowest BCUT2D eigenvalue weighted by Gasteiger charge is -2.15. The zero-order valence-corrected chi connectivity index (χ0v) is 15.7. The standard InChI is InChI=1S/C14H21N5S.HI/c1-11(12-5-7-20-10-12)8-16-14(15-2)17-9-13-4-6-18-19(13)3;/h4-7,10-11H,8-9H2,1-3H3,(H2,15,16,17);1H. The van der Waals surface area contributed by atoms with E-state index in [9.17, 15) is 0 Å². The van der Waals surface area contributed by atoms with Crippen LogP contribution in [0.1, 0.15) is 24.1 Å². The second-order valence-electron chi connectivity index (χ2n) is 4.71. The first kappa shape index (κ1) is 18.0. The van der Waals surface area contributed by atoms with Crippen molar-refractivity contribution in [2.45, 2.75) is 19.4 Å². The Hall–Kier alpha value is -1.09. The largest absolute Gasteiger partial charge is 0.356 e. The van der Waals surface area contributed by atoms with E-state index in [1.54, 1.807) is 24.6 Å². The number of hydrogen-bond acceptors (Lipinski definition) is 3. The number of aliphatic imine (C=N–C) groups is 1. The van der Waals surface area contributed by atoms with E-state index in [2.05, 4.69) is 44.5 Å². The number of thiophene rings is 1. The molecule has 2 rings (SSSR count). The van der Waals surface area contributed by atoms with Gasteiger partial charge in [-0.05, 0) is 34.4 Å². The highest BCUT2D eigenvalue weighted by molar-refractivity contribution is 14.0. The first-order valence-electron chi connectivity index (χ1n) is 6.64. The molecule has 0 bridgehead atoms. The summed E-state index contributed by atoms with van der Waals surface area (Å²) in [5.41, 5.74) is 2.49. The summed E-state index contributed by atoms with van der Waals surface area (Å²) in [6.07, 6.45) is 1.80. The number of halogens is 1. The van der Waals surface area contributed by atoms with E-state index >= 15 is 0 Å². The van der Waals surface area contributed by atoms with Gasteiger partial charge in [0, 0.05) is 26.8 Å². The van der Waals surface area contributed by atoms with Gasteiger partial charge in [0.2, 0.25) is 0 Å². The summed E-state index contributed by atoms with van der Waals surface area (Å²) >= 11 is 1.73. The SMILES string of the molecule is CN=C(NCc1ccnn1C)NCC(C)c1ccsc1.I. The Kier molecular flexibility index (Phi) is 7.73. The quantitative estimate of drug-likeness (QED) is 0.445. The molecule has 2 N–H and O–H groups in total. The molecular weight excluding hydrogens is 397 g/mol. The molecule has 2 aromatic heterocycles. The summed E-state index contributed by atoms with van der Waals surface area (Å²) in [5.74, 6) is 1.28. The lowest BCUT2D eigenvalue weighted by molar-refractivity contribution is 0.670. The van der Waals surface area contributed by atoms with Gasteiger partial charge in [-0.3, -0.25) is 9.67 Å². The van der Waals surface area contributed by atoms with E-state index < -0.39 is 0 Å². The maximum atomic E-state index is 4.24. The predicted octanol–water partition coefficient (Wildman–Crippen LogP) is 2.57. The van der Waals surface area contributed by atoms with E-state index in [-0.39, 0.29) is 24.0 Å². The number of hydrogen-bond donors (Lipinski definition) is 2. The molecule has 0 aliphatic carbocycles. The molecule has 1 unspecified atom stereocenters. The van der Waals surface area contributed by atoms with Crippen LogP contribution in [0.3, 0.4) is 0 Å². The third-order valence-electron chi connectivity index (χ3n) is 3.27. The van der Waals surface area contributed by atoms with Gasteiger partial charge in [0.25, 0.3) is 0 Å². The lowest BCUT2D eigenvalue weighted by Crippen LogP contribution is -2.38. The van der Waals surface area contributed by atoms with Gasteiger partial charge in [0.15, 0.2) is 5.96 Å². The number of aryl methyl sites for hydroxylation is 1. The van der Waals surface area contributed by atoms with E-state index in [0.29, 0.717) is 12.5 Å². The molecule has 2 heterocycles. The summed E-state index contributed by atoms with van der Waals surface area (Å²) in [5, 5.41) is 15.1. The first-order valence-corrected chi connectivity index (χ1v) is 7.58. The van der Waals surface area contributed by atoms with Crippen LogP contribution >= 0.6 is 35.3 Å². The monoisotopic (exact) mass is 419 g/mol. The van der Waals surface area contributed by atoms with Gasteiger partial charge in [-0.2, -0.15) is 16.4 Å². The molecule has 0 aliphatic rings. The minimum atomic E-state index is 0. The van der Waals surface area contributed by atoms with Crippen molar-refractivity contribution in [2.24, 2.45) is 12.0 Å². The second-order valence-corrected chi connectivity index (χ2v) is 5.49. The van der Waals surface area contributed by atoms with Gasteiger partial charge in [-0.1, -0.05) is 6.92 Å². The Morgan fingerprint density at radius 3 is 2.81 bits per heavy atom. The fourth-order valence-electron chi connectivity index (χ4n) is 1.89. The van der Waals surface area contributed by atoms with Gasteiger partial charge >= 0.3 is 0 Å². The Bertz CT molecular complexity index is 549. The molecule has 116 valence electrons. The number of nitrogens with zero attached hydrogens (tertiary/aromatic N) is 3. The van der Waals surface area contributed by atoms with Crippen LogP contribution in [0.5, 0.6) is 0 Å². The molecule has 5 nitrogen and oxygen atoms in total. The van der Waals surface area contributed by atoms with Crippen LogP contribution in [0.25, 0.3) is 0 Å². The molecule has 0 aromatic carbocycles. The Morgan fingerprint density at radius 2 is 2.24 bits per heavy atom. The maximum Gasteiger partial charge on any atom is 0.191 e. The second kappa shape index (κ2) is 9.04. The van der Waals surface area contributed by atoms with Crippen molar-refractivity contribution < 1.29 is 0 Å².